The number of furan rings is 2. The summed E-state index contributed by atoms with van der Waals surface area (Å²) in [5.41, 5.74) is 0.911. The molecule has 100 valence electrons. The Morgan fingerprint density at radius 2 is 2.11 bits per heavy atom. The van der Waals surface area contributed by atoms with Crippen LogP contribution in [0.25, 0.3) is 11.3 Å². The van der Waals surface area contributed by atoms with Crippen LogP contribution < -0.4 is 5.32 Å². The molecule has 0 saturated heterocycles. The maximum absolute atomic E-state index is 11.9. The third kappa shape index (κ3) is 2.72. The monoisotopic (exact) mass is 259 g/mol. The van der Waals surface area contributed by atoms with Crippen molar-refractivity contribution in [1.82, 2.24) is 5.32 Å². The molecule has 3 rings (SSSR count). The predicted octanol–water partition coefficient (Wildman–Crippen LogP) is 3.35. The van der Waals surface area contributed by atoms with Crippen LogP contribution in [0.2, 0.25) is 0 Å². The summed E-state index contributed by atoms with van der Waals surface area (Å²) in [6.45, 7) is 0.452. The molecule has 0 atom stereocenters. The van der Waals surface area contributed by atoms with Crippen molar-refractivity contribution < 1.29 is 13.6 Å². The quantitative estimate of drug-likeness (QED) is 0.916. The van der Waals surface area contributed by atoms with E-state index in [-0.39, 0.29) is 11.8 Å². The third-order valence-electron chi connectivity index (χ3n) is 3.63. The molecule has 0 bridgehead atoms. The highest BCUT2D eigenvalue weighted by molar-refractivity contribution is 5.78. The van der Waals surface area contributed by atoms with Crippen LogP contribution in [0.1, 0.15) is 31.4 Å². The maximum Gasteiger partial charge on any atom is 0.223 e. The van der Waals surface area contributed by atoms with Crippen LogP contribution in [0.5, 0.6) is 0 Å². The molecule has 1 saturated carbocycles. The van der Waals surface area contributed by atoms with E-state index in [1.54, 1.807) is 12.5 Å². The summed E-state index contributed by atoms with van der Waals surface area (Å²) in [7, 11) is 0. The average Bonchev–Trinajstić information content (AvgIpc) is 3.14. The molecule has 2 aromatic rings. The first kappa shape index (κ1) is 12.1. The second-order valence-corrected chi connectivity index (χ2v) is 4.98. The molecular weight excluding hydrogens is 242 g/mol. The van der Waals surface area contributed by atoms with Gasteiger partial charge in [0.15, 0.2) is 0 Å². The van der Waals surface area contributed by atoms with Gasteiger partial charge < -0.3 is 14.2 Å². The number of carbonyl (C=O) groups excluding carboxylic acids is 1. The SMILES string of the molecule is O=C(NCc1ccc(-c2ccoc2)o1)C1CCCC1. The largest absolute Gasteiger partial charge is 0.472 e. The molecule has 0 radical (unpaired) electrons. The molecular formula is C15H17NO3. The van der Waals surface area contributed by atoms with Gasteiger partial charge in [0, 0.05) is 5.92 Å². The number of hydrogen-bond acceptors (Lipinski definition) is 3. The highest BCUT2D eigenvalue weighted by Crippen LogP contribution is 2.25. The second kappa shape index (κ2) is 5.34. The van der Waals surface area contributed by atoms with Gasteiger partial charge >= 0.3 is 0 Å². The lowest BCUT2D eigenvalue weighted by molar-refractivity contribution is -0.125. The minimum atomic E-state index is 0.152. The standard InChI is InChI=1S/C15H17NO3/c17-15(11-3-1-2-4-11)16-9-13-5-6-14(19-13)12-7-8-18-10-12/h5-8,10-11H,1-4,9H2,(H,16,17). The highest BCUT2D eigenvalue weighted by Gasteiger charge is 2.22. The van der Waals surface area contributed by atoms with Crippen LogP contribution in [0.4, 0.5) is 0 Å². The molecule has 1 aliphatic carbocycles. The normalized spacial score (nSPS) is 15.8. The molecule has 1 N–H and O–H groups in total. The number of nitrogens with one attached hydrogen (secondary N) is 1. The summed E-state index contributed by atoms with van der Waals surface area (Å²) in [5.74, 6) is 1.88. The molecule has 0 aliphatic heterocycles. The zero-order valence-electron chi connectivity index (χ0n) is 10.7. The van der Waals surface area contributed by atoms with Crippen molar-refractivity contribution in [2.45, 2.75) is 32.2 Å². The van der Waals surface area contributed by atoms with Gasteiger partial charge in [-0.1, -0.05) is 12.8 Å². The highest BCUT2D eigenvalue weighted by atomic mass is 16.3. The summed E-state index contributed by atoms with van der Waals surface area (Å²) in [4.78, 5) is 11.9. The van der Waals surface area contributed by atoms with Crippen LogP contribution in [0.3, 0.4) is 0 Å². The minimum Gasteiger partial charge on any atom is -0.472 e. The van der Waals surface area contributed by atoms with E-state index in [0.29, 0.717) is 6.54 Å². The van der Waals surface area contributed by atoms with E-state index in [0.717, 1.165) is 29.9 Å². The Bertz CT molecular complexity index is 536. The first-order valence-electron chi connectivity index (χ1n) is 6.72. The van der Waals surface area contributed by atoms with Crippen LogP contribution in [-0.2, 0) is 11.3 Å². The van der Waals surface area contributed by atoms with Crippen LogP contribution in [-0.4, -0.2) is 5.91 Å². The lowest BCUT2D eigenvalue weighted by atomic mass is 10.1. The molecule has 4 nitrogen and oxygen atoms in total. The molecule has 1 amide bonds. The Morgan fingerprint density at radius 3 is 2.84 bits per heavy atom. The lowest BCUT2D eigenvalue weighted by Crippen LogP contribution is -2.28. The zero-order chi connectivity index (χ0) is 13.1. The zero-order valence-corrected chi connectivity index (χ0v) is 10.7. The second-order valence-electron chi connectivity index (χ2n) is 4.98. The van der Waals surface area contributed by atoms with Gasteiger partial charge in [-0.05, 0) is 31.0 Å². The molecule has 0 spiro atoms. The van der Waals surface area contributed by atoms with Crippen molar-refractivity contribution in [3.8, 4) is 11.3 Å². The van der Waals surface area contributed by atoms with Crippen LogP contribution >= 0.6 is 0 Å². The molecule has 4 heteroatoms. The number of hydrogen-bond donors (Lipinski definition) is 1. The van der Waals surface area contributed by atoms with E-state index >= 15 is 0 Å². The predicted molar refractivity (Wildman–Crippen MR) is 70.2 cm³/mol. The summed E-state index contributed by atoms with van der Waals surface area (Å²) < 4.78 is 10.7. The Balaban J connectivity index is 1.57. The van der Waals surface area contributed by atoms with E-state index in [1.807, 2.05) is 18.2 Å². The molecule has 0 unspecified atom stereocenters. The van der Waals surface area contributed by atoms with Gasteiger partial charge in [0.25, 0.3) is 0 Å². The van der Waals surface area contributed by atoms with E-state index in [1.165, 1.54) is 12.8 Å². The molecule has 1 aliphatic rings. The first-order valence-corrected chi connectivity index (χ1v) is 6.72. The Kier molecular flexibility index (Phi) is 3.40. The summed E-state index contributed by atoms with van der Waals surface area (Å²) in [5, 5.41) is 2.94. The van der Waals surface area contributed by atoms with Gasteiger partial charge in [-0.2, -0.15) is 0 Å². The fraction of sp³-hybridized carbons (Fsp3) is 0.400. The van der Waals surface area contributed by atoms with Crippen molar-refractivity contribution in [3.63, 3.8) is 0 Å². The minimum absolute atomic E-state index is 0.152. The third-order valence-corrected chi connectivity index (χ3v) is 3.63. The van der Waals surface area contributed by atoms with E-state index in [9.17, 15) is 4.79 Å². The number of amides is 1. The fourth-order valence-electron chi connectivity index (χ4n) is 2.54. The fourth-order valence-corrected chi connectivity index (χ4v) is 2.54. The van der Waals surface area contributed by atoms with E-state index in [2.05, 4.69) is 5.32 Å². The van der Waals surface area contributed by atoms with Gasteiger partial charge in [-0.15, -0.1) is 0 Å². The van der Waals surface area contributed by atoms with Crippen molar-refractivity contribution in [1.29, 1.82) is 0 Å². The van der Waals surface area contributed by atoms with Gasteiger partial charge in [0.1, 0.15) is 17.8 Å². The Hall–Kier alpha value is -1.97. The van der Waals surface area contributed by atoms with Gasteiger partial charge in [-0.25, -0.2) is 0 Å². The number of carbonyl (C=O) groups is 1. The van der Waals surface area contributed by atoms with Gasteiger partial charge in [-0.3, -0.25) is 4.79 Å². The van der Waals surface area contributed by atoms with E-state index in [4.69, 9.17) is 8.83 Å². The Morgan fingerprint density at radius 1 is 1.26 bits per heavy atom. The lowest BCUT2D eigenvalue weighted by Gasteiger charge is -2.08. The molecule has 2 aromatic heterocycles. The molecule has 0 aromatic carbocycles. The van der Waals surface area contributed by atoms with Gasteiger partial charge in [0.2, 0.25) is 5.91 Å². The summed E-state index contributed by atoms with van der Waals surface area (Å²) in [6, 6.07) is 5.62. The molecule has 19 heavy (non-hydrogen) atoms. The first-order chi connectivity index (χ1) is 9.33. The average molecular weight is 259 g/mol. The summed E-state index contributed by atoms with van der Waals surface area (Å²) in [6.07, 6.45) is 7.63. The topological polar surface area (TPSA) is 55.4 Å². The molecule has 2 heterocycles. The van der Waals surface area contributed by atoms with Crippen LogP contribution in [0.15, 0.2) is 39.6 Å². The van der Waals surface area contributed by atoms with E-state index < -0.39 is 0 Å². The van der Waals surface area contributed by atoms with Crippen molar-refractivity contribution in [3.05, 3.63) is 36.5 Å². The van der Waals surface area contributed by atoms with Crippen molar-refractivity contribution in [2.75, 3.05) is 0 Å². The van der Waals surface area contributed by atoms with Gasteiger partial charge in [0.05, 0.1) is 18.4 Å². The smallest absolute Gasteiger partial charge is 0.223 e. The summed E-state index contributed by atoms with van der Waals surface area (Å²) >= 11 is 0. The number of rotatable bonds is 4. The van der Waals surface area contributed by atoms with Crippen molar-refractivity contribution in [2.24, 2.45) is 5.92 Å². The Labute approximate surface area is 111 Å². The van der Waals surface area contributed by atoms with Crippen molar-refractivity contribution >= 4 is 5.91 Å². The molecule has 1 fully saturated rings. The van der Waals surface area contributed by atoms with Crippen LogP contribution in [0, 0.1) is 5.92 Å². The maximum atomic E-state index is 11.9.